The number of piperidine rings is 1. The Labute approximate surface area is 119 Å². The maximum Gasteiger partial charge on any atom is 0.0641 e. The monoisotopic (exact) mass is 286 g/mol. The summed E-state index contributed by atoms with van der Waals surface area (Å²) in [6, 6.07) is 3.84. The van der Waals surface area contributed by atoms with Crippen molar-refractivity contribution in [3.63, 3.8) is 0 Å². The summed E-state index contributed by atoms with van der Waals surface area (Å²) in [5.41, 5.74) is 1.96. The van der Waals surface area contributed by atoms with Gasteiger partial charge >= 0.3 is 0 Å². The van der Waals surface area contributed by atoms with Gasteiger partial charge in [-0.1, -0.05) is 23.2 Å². The quantitative estimate of drug-likeness (QED) is 0.902. The molecular weight excluding hydrogens is 267 g/mol. The van der Waals surface area contributed by atoms with Gasteiger partial charge in [-0.05, 0) is 57.0 Å². The third-order valence-electron chi connectivity index (χ3n) is 3.55. The third-order valence-corrected chi connectivity index (χ3v) is 4.27. The molecule has 4 heteroatoms. The van der Waals surface area contributed by atoms with Gasteiger partial charge in [-0.25, -0.2) is 0 Å². The molecule has 0 bridgehead atoms. The zero-order valence-corrected chi connectivity index (χ0v) is 12.5. The second-order valence-corrected chi connectivity index (χ2v) is 6.05. The van der Waals surface area contributed by atoms with E-state index in [0.717, 1.165) is 34.4 Å². The molecule has 0 radical (unpaired) electrons. The summed E-state index contributed by atoms with van der Waals surface area (Å²) < 4.78 is 0. The van der Waals surface area contributed by atoms with E-state index in [0.29, 0.717) is 5.92 Å². The van der Waals surface area contributed by atoms with Crippen molar-refractivity contribution in [2.24, 2.45) is 5.92 Å². The number of benzene rings is 1. The molecule has 0 aliphatic carbocycles. The van der Waals surface area contributed by atoms with Crippen molar-refractivity contribution >= 4 is 28.9 Å². The van der Waals surface area contributed by atoms with Gasteiger partial charge in [0.15, 0.2) is 0 Å². The van der Waals surface area contributed by atoms with Gasteiger partial charge in [-0.2, -0.15) is 0 Å². The third kappa shape index (κ3) is 3.53. The molecule has 1 aliphatic heterocycles. The number of hydrogen-bond donors (Lipinski definition) is 1. The Morgan fingerprint density at radius 2 is 2.11 bits per heavy atom. The first-order chi connectivity index (χ1) is 8.56. The van der Waals surface area contributed by atoms with Crippen molar-refractivity contribution in [1.82, 2.24) is 4.90 Å². The molecule has 1 N–H and O–H groups in total. The van der Waals surface area contributed by atoms with E-state index in [1.54, 1.807) is 0 Å². The minimum absolute atomic E-state index is 0.694. The van der Waals surface area contributed by atoms with Crippen molar-refractivity contribution in [3.05, 3.63) is 27.7 Å². The molecule has 1 fully saturated rings. The minimum atomic E-state index is 0.694. The summed E-state index contributed by atoms with van der Waals surface area (Å²) in [4.78, 5) is 2.39. The Bertz CT molecular complexity index is 421. The minimum Gasteiger partial charge on any atom is -0.383 e. The molecule has 1 saturated heterocycles. The number of likely N-dealkylation sites (tertiary alicyclic amines) is 1. The molecule has 0 amide bonds. The average Bonchev–Trinajstić information content (AvgIpc) is 2.32. The fourth-order valence-electron chi connectivity index (χ4n) is 2.48. The zero-order valence-electron chi connectivity index (χ0n) is 11.0. The Hall–Kier alpha value is -0.440. The number of aryl methyl sites for hydroxylation is 1. The average molecular weight is 287 g/mol. The summed E-state index contributed by atoms with van der Waals surface area (Å²) >= 11 is 12.3. The van der Waals surface area contributed by atoms with Gasteiger partial charge in [0, 0.05) is 18.1 Å². The lowest BCUT2D eigenvalue weighted by Gasteiger charge is -2.30. The van der Waals surface area contributed by atoms with Crippen LogP contribution in [-0.2, 0) is 0 Å². The zero-order chi connectivity index (χ0) is 13.1. The van der Waals surface area contributed by atoms with E-state index >= 15 is 0 Å². The van der Waals surface area contributed by atoms with Crippen LogP contribution in [0.5, 0.6) is 0 Å². The van der Waals surface area contributed by atoms with Gasteiger partial charge in [0.1, 0.15) is 0 Å². The molecule has 1 aliphatic rings. The van der Waals surface area contributed by atoms with E-state index in [1.165, 1.54) is 19.4 Å². The van der Waals surface area contributed by atoms with Gasteiger partial charge in [0.2, 0.25) is 0 Å². The molecule has 0 spiro atoms. The maximum absolute atomic E-state index is 6.22. The predicted octanol–water partition coefficient (Wildman–Crippen LogP) is 4.06. The molecule has 1 unspecified atom stereocenters. The Morgan fingerprint density at radius 1 is 1.33 bits per heavy atom. The van der Waals surface area contributed by atoms with Gasteiger partial charge in [0.25, 0.3) is 0 Å². The van der Waals surface area contributed by atoms with Crippen LogP contribution < -0.4 is 5.32 Å². The maximum atomic E-state index is 6.22. The number of halogens is 2. The SMILES string of the molecule is Cc1cc(Cl)c(NCC2CCCN(C)C2)cc1Cl. The van der Waals surface area contributed by atoms with E-state index in [1.807, 2.05) is 19.1 Å². The molecule has 1 aromatic carbocycles. The van der Waals surface area contributed by atoms with E-state index in [4.69, 9.17) is 23.2 Å². The molecule has 1 atom stereocenters. The van der Waals surface area contributed by atoms with E-state index < -0.39 is 0 Å². The first-order valence-corrected chi connectivity index (χ1v) is 7.20. The van der Waals surface area contributed by atoms with Crippen LogP contribution in [0.3, 0.4) is 0 Å². The van der Waals surface area contributed by atoms with Crippen molar-refractivity contribution in [2.45, 2.75) is 19.8 Å². The van der Waals surface area contributed by atoms with Crippen LogP contribution >= 0.6 is 23.2 Å². The lowest BCUT2D eigenvalue weighted by molar-refractivity contribution is 0.217. The standard InChI is InChI=1S/C14H20Cl2N2/c1-10-6-13(16)14(7-12(10)15)17-8-11-4-3-5-18(2)9-11/h6-7,11,17H,3-5,8-9H2,1-2H3. The van der Waals surface area contributed by atoms with Gasteiger partial charge in [-0.15, -0.1) is 0 Å². The van der Waals surface area contributed by atoms with Crippen LogP contribution in [0.2, 0.25) is 10.0 Å². The number of nitrogens with zero attached hydrogens (tertiary/aromatic N) is 1. The highest BCUT2D eigenvalue weighted by atomic mass is 35.5. The fourth-order valence-corrected chi connectivity index (χ4v) is 2.92. The number of nitrogens with one attached hydrogen (secondary N) is 1. The van der Waals surface area contributed by atoms with Gasteiger partial charge < -0.3 is 10.2 Å². The fraction of sp³-hybridized carbons (Fsp3) is 0.571. The highest BCUT2D eigenvalue weighted by molar-refractivity contribution is 6.35. The topological polar surface area (TPSA) is 15.3 Å². The molecule has 0 saturated carbocycles. The summed E-state index contributed by atoms with van der Waals surface area (Å²) in [6.45, 7) is 5.30. The van der Waals surface area contributed by atoms with Crippen LogP contribution in [0.15, 0.2) is 12.1 Å². The predicted molar refractivity (Wildman–Crippen MR) is 79.9 cm³/mol. The van der Waals surface area contributed by atoms with Crippen LogP contribution in [-0.4, -0.2) is 31.6 Å². The Balaban J connectivity index is 1.95. The number of rotatable bonds is 3. The van der Waals surface area contributed by atoms with E-state index in [2.05, 4.69) is 17.3 Å². The molecule has 18 heavy (non-hydrogen) atoms. The molecule has 1 heterocycles. The van der Waals surface area contributed by atoms with Crippen molar-refractivity contribution < 1.29 is 0 Å². The van der Waals surface area contributed by atoms with Gasteiger partial charge in [-0.3, -0.25) is 0 Å². The molecule has 0 aromatic heterocycles. The first-order valence-electron chi connectivity index (χ1n) is 6.44. The van der Waals surface area contributed by atoms with E-state index in [9.17, 15) is 0 Å². The Kier molecular flexibility index (Phi) is 4.77. The van der Waals surface area contributed by atoms with Crippen LogP contribution in [0.1, 0.15) is 18.4 Å². The highest BCUT2D eigenvalue weighted by Gasteiger charge is 2.17. The number of hydrogen-bond acceptors (Lipinski definition) is 2. The summed E-state index contributed by atoms with van der Waals surface area (Å²) in [6.07, 6.45) is 2.57. The summed E-state index contributed by atoms with van der Waals surface area (Å²) in [7, 11) is 2.18. The molecule has 100 valence electrons. The largest absolute Gasteiger partial charge is 0.383 e. The highest BCUT2D eigenvalue weighted by Crippen LogP contribution is 2.29. The van der Waals surface area contributed by atoms with Crippen molar-refractivity contribution in [1.29, 1.82) is 0 Å². The van der Waals surface area contributed by atoms with Crippen molar-refractivity contribution in [2.75, 3.05) is 32.0 Å². The normalized spacial score (nSPS) is 21.0. The summed E-state index contributed by atoms with van der Waals surface area (Å²) in [5.74, 6) is 0.694. The summed E-state index contributed by atoms with van der Waals surface area (Å²) in [5, 5.41) is 4.95. The van der Waals surface area contributed by atoms with Crippen LogP contribution in [0.4, 0.5) is 5.69 Å². The van der Waals surface area contributed by atoms with Crippen molar-refractivity contribution in [3.8, 4) is 0 Å². The van der Waals surface area contributed by atoms with Crippen LogP contribution in [0, 0.1) is 12.8 Å². The van der Waals surface area contributed by atoms with Gasteiger partial charge in [0.05, 0.1) is 10.7 Å². The molecule has 1 aromatic rings. The number of anilines is 1. The molecule has 2 nitrogen and oxygen atoms in total. The Morgan fingerprint density at radius 3 is 2.83 bits per heavy atom. The first kappa shape index (κ1) is 14.0. The molecular formula is C14H20Cl2N2. The second-order valence-electron chi connectivity index (χ2n) is 5.23. The second kappa shape index (κ2) is 6.14. The van der Waals surface area contributed by atoms with E-state index in [-0.39, 0.29) is 0 Å². The lowest BCUT2D eigenvalue weighted by Crippen LogP contribution is -2.35. The van der Waals surface area contributed by atoms with Crippen LogP contribution in [0.25, 0.3) is 0 Å². The smallest absolute Gasteiger partial charge is 0.0641 e. The lowest BCUT2D eigenvalue weighted by atomic mass is 9.98. The molecule has 2 rings (SSSR count).